The first-order valence-corrected chi connectivity index (χ1v) is 9.18. The first kappa shape index (κ1) is 17.4. The van der Waals surface area contributed by atoms with Crippen molar-refractivity contribution >= 4 is 11.8 Å². The van der Waals surface area contributed by atoms with Crippen LogP contribution in [0.25, 0.3) is 22.6 Å². The minimum atomic E-state index is -0.762. The van der Waals surface area contributed by atoms with Gasteiger partial charge < -0.3 is 4.57 Å². The van der Waals surface area contributed by atoms with Crippen molar-refractivity contribution in [3.63, 3.8) is 0 Å². The molecule has 2 aromatic heterocycles. The Bertz CT molecular complexity index is 1110. The van der Waals surface area contributed by atoms with Crippen LogP contribution in [0.3, 0.4) is 0 Å². The molecule has 0 spiro atoms. The van der Waals surface area contributed by atoms with Crippen molar-refractivity contribution in [2.24, 2.45) is 0 Å². The summed E-state index contributed by atoms with van der Waals surface area (Å²) in [6.45, 7) is 0. The van der Waals surface area contributed by atoms with Gasteiger partial charge in [-0.15, -0.1) is 11.8 Å². The standard InChI is InChI=1S/C19H13F3N4S/c1-27-19-18(25-9-8-23-11-25)17(13-7-6-12(20)10-15(13)22)26(24-19)16-5-3-2-4-14(16)21/h2-11H,1H3. The number of hydrogen-bond donors (Lipinski definition) is 0. The molecule has 0 fully saturated rings. The predicted molar refractivity (Wildman–Crippen MR) is 97.8 cm³/mol. The van der Waals surface area contributed by atoms with Gasteiger partial charge in [-0.05, 0) is 30.5 Å². The molecule has 0 amide bonds. The Balaban J connectivity index is 2.10. The summed E-state index contributed by atoms with van der Waals surface area (Å²) < 4.78 is 45.6. The number of aromatic nitrogens is 4. The molecule has 0 saturated heterocycles. The molecule has 2 aromatic carbocycles. The zero-order valence-corrected chi connectivity index (χ0v) is 14.9. The largest absolute Gasteiger partial charge is 0.302 e. The molecule has 4 rings (SSSR count). The van der Waals surface area contributed by atoms with E-state index >= 15 is 0 Å². The van der Waals surface area contributed by atoms with Crippen molar-refractivity contribution < 1.29 is 13.2 Å². The molecule has 0 saturated carbocycles. The van der Waals surface area contributed by atoms with Crippen molar-refractivity contribution in [2.45, 2.75) is 5.03 Å². The Hall–Kier alpha value is -3.00. The Labute approximate surface area is 157 Å². The maximum Gasteiger partial charge on any atom is 0.148 e. The lowest BCUT2D eigenvalue weighted by molar-refractivity contribution is 0.583. The number of benzene rings is 2. The second kappa shape index (κ2) is 6.96. The highest BCUT2D eigenvalue weighted by Crippen LogP contribution is 2.37. The molecule has 0 atom stereocenters. The number of thioether (sulfide) groups is 1. The van der Waals surface area contributed by atoms with Crippen LogP contribution >= 0.6 is 11.8 Å². The van der Waals surface area contributed by atoms with Crippen molar-refractivity contribution in [1.29, 1.82) is 0 Å². The van der Waals surface area contributed by atoms with Crippen LogP contribution in [0.15, 0.2) is 66.2 Å². The number of para-hydroxylation sites is 1. The monoisotopic (exact) mass is 386 g/mol. The third kappa shape index (κ3) is 3.02. The molecular weight excluding hydrogens is 373 g/mol. The molecule has 0 aliphatic carbocycles. The normalized spacial score (nSPS) is 11.1. The van der Waals surface area contributed by atoms with E-state index in [9.17, 15) is 13.2 Å². The van der Waals surface area contributed by atoms with Crippen molar-refractivity contribution in [2.75, 3.05) is 6.26 Å². The van der Waals surface area contributed by atoms with Gasteiger partial charge in [0.05, 0.1) is 6.33 Å². The van der Waals surface area contributed by atoms with E-state index < -0.39 is 17.5 Å². The molecule has 136 valence electrons. The van der Waals surface area contributed by atoms with E-state index in [2.05, 4.69) is 10.1 Å². The second-order valence-electron chi connectivity index (χ2n) is 5.66. The summed E-state index contributed by atoms with van der Waals surface area (Å²) in [5.41, 5.74) is 1.11. The lowest BCUT2D eigenvalue weighted by Gasteiger charge is -2.12. The van der Waals surface area contributed by atoms with Crippen LogP contribution in [0.1, 0.15) is 0 Å². The summed E-state index contributed by atoms with van der Waals surface area (Å²) >= 11 is 1.33. The highest BCUT2D eigenvalue weighted by Gasteiger charge is 2.25. The molecule has 4 nitrogen and oxygen atoms in total. The lowest BCUT2D eigenvalue weighted by Crippen LogP contribution is -2.04. The van der Waals surface area contributed by atoms with Gasteiger partial charge in [-0.25, -0.2) is 22.8 Å². The van der Waals surface area contributed by atoms with Gasteiger partial charge >= 0.3 is 0 Å². The van der Waals surface area contributed by atoms with Gasteiger partial charge in [0.25, 0.3) is 0 Å². The van der Waals surface area contributed by atoms with E-state index in [0.717, 1.165) is 12.1 Å². The smallest absolute Gasteiger partial charge is 0.148 e. The van der Waals surface area contributed by atoms with Crippen molar-refractivity contribution in [3.8, 4) is 22.6 Å². The molecule has 2 heterocycles. The maximum absolute atomic E-state index is 14.7. The van der Waals surface area contributed by atoms with Crippen molar-refractivity contribution in [3.05, 3.63) is 78.6 Å². The van der Waals surface area contributed by atoms with Gasteiger partial charge in [0.15, 0.2) is 0 Å². The molecule has 27 heavy (non-hydrogen) atoms. The number of hydrogen-bond acceptors (Lipinski definition) is 3. The van der Waals surface area contributed by atoms with Crippen molar-refractivity contribution in [1.82, 2.24) is 19.3 Å². The summed E-state index contributed by atoms with van der Waals surface area (Å²) in [6, 6.07) is 9.36. The number of halogens is 3. The molecule has 0 aliphatic rings. The molecule has 8 heteroatoms. The molecule has 4 aromatic rings. The second-order valence-corrected chi connectivity index (χ2v) is 6.46. The zero-order chi connectivity index (χ0) is 19.0. The molecule has 0 radical (unpaired) electrons. The Morgan fingerprint density at radius 2 is 1.81 bits per heavy atom. The van der Waals surface area contributed by atoms with Crippen LogP contribution in [-0.4, -0.2) is 25.6 Å². The van der Waals surface area contributed by atoms with Gasteiger partial charge in [0.2, 0.25) is 0 Å². The van der Waals surface area contributed by atoms with Crippen LogP contribution in [0.4, 0.5) is 13.2 Å². The fraction of sp³-hybridized carbons (Fsp3) is 0.0526. The molecule has 0 aliphatic heterocycles. The van der Waals surface area contributed by atoms with Crippen LogP contribution < -0.4 is 0 Å². The average molecular weight is 386 g/mol. The summed E-state index contributed by atoms with van der Waals surface area (Å²) in [4.78, 5) is 4.03. The minimum Gasteiger partial charge on any atom is -0.302 e. The topological polar surface area (TPSA) is 35.6 Å². The molecule has 0 bridgehead atoms. The Kier molecular flexibility index (Phi) is 4.49. The Morgan fingerprint density at radius 1 is 1.00 bits per heavy atom. The molecule has 0 unspecified atom stereocenters. The highest BCUT2D eigenvalue weighted by molar-refractivity contribution is 7.98. The van der Waals surface area contributed by atoms with E-state index in [1.165, 1.54) is 28.6 Å². The fourth-order valence-corrected chi connectivity index (χ4v) is 3.43. The number of nitrogens with zero attached hydrogens (tertiary/aromatic N) is 4. The third-order valence-electron chi connectivity index (χ3n) is 4.05. The maximum atomic E-state index is 14.7. The average Bonchev–Trinajstić information content (AvgIpc) is 3.29. The van der Waals surface area contributed by atoms with Gasteiger partial charge in [-0.1, -0.05) is 12.1 Å². The van der Waals surface area contributed by atoms with Gasteiger partial charge in [-0.3, -0.25) is 0 Å². The Morgan fingerprint density at radius 3 is 2.48 bits per heavy atom. The highest BCUT2D eigenvalue weighted by atomic mass is 32.2. The van der Waals surface area contributed by atoms with Crippen LogP contribution in [0.2, 0.25) is 0 Å². The lowest BCUT2D eigenvalue weighted by atomic mass is 10.1. The van der Waals surface area contributed by atoms with E-state index in [1.807, 2.05) is 6.26 Å². The quantitative estimate of drug-likeness (QED) is 0.470. The summed E-state index contributed by atoms with van der Waals surface area (Å²) in [7, 11) is 0. The first-order valence-electron chi connectivity index (χ1n) is 7.96. The number of rotatable bonds is 4. The minimum absolute atomic E-state index is 0.108. The number of imidazole rings is 1. The van der Waals surface area contributed by atoms with Gasteiger partial charge in [-0.2, -0.15) is 5.10 Å². The van der Waals surface area contributed by atoms with Crippen LogP contribution in [0.5, 0.6) is 0 Å². The first-order chi connectivity index (χ1) is 13.1. The third-order valence-corrected chi connectivity index (χ3v) is 4.71. The van der Waals surface area contributed by atoms with Gasteiger partial charge in [0.1, 0.15) is 39.5 Å². The predicted octanol–water partition coefficient (Wildman–Crippen LogP) is 4.86. The fourth-order valence-electron chi connectivity index (χ4n) is 2.87. The zero-order valence-electron chi connectivity index (χ0n) is 14.1. The van der Waals surface area contributed by atoms with E-state index in [1.54, 1.807) is 41.5 Å². The van der Waals surface area contributed by atoms with Gasteiger partial charge in [0, 0.05) is 24.0 Å². The van der Waals surface area contributed by atoms with Crippen LogP contribution in [-0.2, 0) is 0 Å². The summed E-state index contributed by atoms with van der Waals surface area (Å²) in [5.74, 6) is -1.96. The van der Waals surface area contributed by atoms with E-state index in [0.29, 0.717) is 16.4 Å². The van der Waals surface area contributed by atoms with E-state index in [-0.39, 0.29) is 11.3 Å². The summed E-state index contributed by atoms with van der Waals surface area (Å²) in [6.07, 6.45) is 6.63. The summed E-state index contributed by atoms with van der Waals surface area (Å²) in [5, 5.41) is 5.04. The SMILES string of the molecule is CSc1nn(-c2ccccc2F)c(-c2ccc(F)cc2F)c1-n1ccnc1. The van der Waals surface area contributed by atoms with E-state index in [4.69, 9.17) is 0 Å². The molecular formula is C19H13F3N4S. The molecule has 0 N–H and O–H groups in total. The van der Waals surface area contributed by atoms with Crippen LogP contribution in [0, 0.1) is 17.5 Å².